The van der Waals surface area contributed by atoms with Crippen LogP contribution in [0.1, 0.15) is 57.0 Å². The first-order valence-electron chi connectivity index (χ1n) is 11.4. The Morgan fingerprint density at radius 3 is 2.06 bits per heavy atom. The van der Waals surface area contributed by atoms with E-state index < -0.39 is 53.4 Å². The zero-order valence-corrected chi connectivity index (χ0v) is 19.1. The molecule has 0 heterocycles. The molecule has 2 amide bonds. The molecule has 9 N–H and O–H groups in total. The maximum atomic E-state index is 12.2. The lowest BCUT2D eigenvalue weighted by molar-refractivity contribution is -0.459. The minimum Gasteiger partial charge on any atom is -0.394 e. The number of fused-ring (bicyclic) bond motifs is 1. The van der Waals surface area contributed by atoms with Crippen LogP contribution in [0.15, 0.2) is 48.5 Å². The second-order valence-corrected chi connectivity index (χ2v) is 9.34. The van der Waals surface area contributed by atoms with Crippen LogP contribution in [0.4, 0.5) is 0 Å². The molecule has 188 valence electrons. The fourth-order valence-corrected chi connectivity index (χ4v) is 5.84. The summed E-state index contributed by atoms with van der Waals surface area (Å²) in [6.07, 6.45) is -2.67. The average Bonchev–Trinajstić information content (AvgIpc) is 2.86. The lowest BCUT2D eigenvalue weighted by Crippen LogP contribution is -2.99. The van der Waals surface area contributed by atoms with Crippen molar-refractivity contribution in [3.63, 3.8) is 0 Å². The van der Waals surface area contributed by atoms with Crippen molar-refractivity contribution in [2.75, 3.05) is 13.2 Å². The van der Waals surface area contributed by atoms with E-state index in [2.05, 4.69) is 5.32 Å². The van der Waals surface area contributed by atoms with Crippen LogP contribution in [0.5, 0.6) is 0 Å². The Morgan fingerprint density at radius 2 is 1.54 bits per heavy atom. The van der Waals surface area contributed by atoms with Gasteiger partial charge in [-0.25, -0.2) is 0 Å². The van der Waals surface area contributed by atoms with Gasteiger partial charge in [0, 0.05) is 23.6 Å². The van der Waals surface area contributed by atoms with E-state index in [4.69, 9.17) is 5.73 Å². The molecule has 2 aliphatic rings. The molecule has 0 saturated heterocycles. The van der Waals surface area contributed by atoms with Crippen LogP contribution in [0.3, 0.4) is 0 Å². The number of hydrogen-bond acceptors (Lipinski definition) is 8. The minimum atomic E-state index is -2.45. The van der Waals surface area contributed by atoms with Gasteiger partial charge in [0.2, 0.25) is 5.91 Å². The Balaban J connectivity index is 1.72. The first kappa shape index (κ1) is 25.2. The van der Waals surface area contributed by atoms with Gasteiger partial charge < -0.3 is 41.7 Å². The van der Waals surface area contributed by atoms with Gasteiger partial charge in [-0.2, -0.15) is 0 Å². The summed E-state index contributed by atoms with van der Waals surface area (Å²) in [5.74, 6) is -3.61. The first-order valence-corrected chi connectivity index (χ1v) is 11.4. The second kappa shape index (κ2) is 8.66. The summed E-state index contributed by atoms with van der Waals surface area (Å²) in [5.41, 5.74) is -0.838. The standard InChI is InChI=1S/C25H30N2O8/c1-2-11-27-22(32)16-9-5-14(6-10-16)19-23(33,17(29)12-28)25(35)18(20(30)24(19,25)34)13-3-7-15(8-4-13)21(26)31/h3-10,17-20,28-30,33-35H,2,11-12H2,1H3,(H2,26,31)(H,27,32)/t17-,18?,19?,20?,23+,24+,25+/m1/s1. The number of amides is 2. The van der Waals surface area contributed by atoms with Crippen molar-refractivity contribution in [3.8, 4) is 0 Å². The van der Waals surface area contributed by atoms with Crippen LogP contribution in [0, 0.1) is 0 Å². The molecule has 7 atom stereocenters. The number of nitrogens with one attached hydrogen (secondary N) is 1. The van der Waals surface area contributed by atoms with Gasteiger partial charge in [-0.3, -0.25) is 9.59 Å². The Labute approximate surface area is 201 Å². The van der Waals surface area contributed by atoms with Gasteiger partial charge in [-0.15, -0.1) is 0 Å². The molecule has 2 aliphatic carbocycles. The van der Waals surface area contributed by atoms with E-state index in [1.165, 1.54) is 48.5 Å². The summed E-state index contributed by atoms with van der Waals surface area (Å²) >= 11 is 0. The van der Waals surface area contributed by atoms with Crippen molar-refractivity contribution in [2.24, 2.45) is 5.73 Å². The SMILES string of the molecule is CCCNC(=O)c1ccc(C2[C@]3(O)C(O)C(c4ccc(C(N)=O)cc4)[C@]3(O)[C@]2(O)[C@H](O)CO)cc1. The van der Waals surface area contributed by atoms with Crippen LogP contribution < -0.4 is 11.1 Å². The van der Waals surface area contributed by atoms with Crippen molar-refractivity contribution >= 4 is 11.8 Å². The molecule has 0 aromatic heterocycles. The van der Waals surface area contributed by atoms with E-state index >= 15 is 0 Å². The Hall–Kier alpha value is -2.86. The van der Waals surface area contributed by atoms with Crippen LogP contribution in [-0.2, 0) is 0 Å². The summed E-state index contributed by atoms with van der Waals surface area (Å²) < 4.78 is 0. The van der Waals surface area contributed by atoms with Gasteiger partial charge in [0.1, 0.15) is 22.9 Å². The number of primary amides is 1. The maximum Gasteiger partial charge on any atom is 0.251 e. The van der Waals surface area contributed by atoms with E-state index in [0.717, 1.165) is 6.42 Å². The molecular weight excluding hydrogens is 456 g/mol. The molecule has 2 aromatic carbocycles. The highest BCUT2D eigenvalue weighted by molar-refractivity contribution is 5.94. The lowest BCUT2D eigenvalue weighted by atomic mass is 9.30. The molecule has 0 radical (unpaired) electrons. The highest BCUT2D eigenvalue weighted by Gasteiger charge is 2.93. The van der Waals surface area contributed by atoms with Gasteiger partial charge >= 0.3 is 0 Å². The molecule has 0 spiro atoms. The Morgan fingerprint density at radius 1 is 1.00 bits per heavy atom. The third-order valence-electron chi connectivity index (χ3n) is 7.60. The van der Waals surface area contributed by atoms with Crippen LogP contribution in [0.25, 0.3) is 0 Å². The third kappa shape index (κ3) is 3.18. The van der Waals surface area contributed by atoms with Crippen LogP contribution in [-0.4, -0.2) is 84.6 Å². The molecule has 0 bridgehead atoms. The van der Waals surface area contributed by atoms with E-state index in [9.17, 15) is 40.2 Å². The van der Waals surface area contributed by atoms with Crippen molar-refractivity contribution in [1.82, 2.24) is 5.32 Å². The zero-order valence-electron chi connectivity index (χ0n) is 19.1. The first-order chi connectivity index (χ1) is 16.5. The number of hydrogen-bond donors (Lipinski definition) is 8. The monoisotopic (exact) mass is 486 g/mol. The number of benzene rings is 2. The quantitative estimate of drug-likeness (QED) is 0.226. The average molecular weight is 487 g/mol. The highest BCUT2D eigenvalue weighted by Crippen LogP contribution is 2.75. The van der Waals surface area contributed by atoms with Crippen LogP contribution in [0.2, 0.25) is 0 Å². The predicted octanol–water partition coefficient (Wildman–Crippen LogP) is -1.27. The lowest BCUT2D eigenvalue weighted by Gasteiger charge is -2.80. The second-order valence-electron chi connectivity index (χ2n) is 9.34. The topological polar surface area (TPSA) is 194 Å². The van der Waals surface area contributed by atoms with Crippen molar-refractivity contribution in [3.05, 3.63) is 70.8 Å². The Kier molecular flexibility index (Phi) is 6.25. The summed E-state index contributed by atoms with van der Waals surface area (Å²) in [6.45, 7) is 1.48. The van der Waals surface area contributed by atoms with Crippen molar-refractivity contribution in [1.29, 1.82) is 0 Å². The number of aliphatic hydroxyl groups is 6. The molecular formula is C25H30N2O8. The number of rotatable bonds is 8. The fourth-order valence-electron chi connectivity index (χ4n) is 5.84. The van der Waals surface area contributed by atoms with Gasteiger partial charge in [0.05, 0.1) is 18.6 Å². The molecule has 35 heavy (non-hydrogen) atoms. The minimum absolute atomic E-state index is 0.185. The van der Waals surface area contributed by atoms with E-state index in [1.807, 2.05) is 6.92 Å². The number of carbonyl (C=O) groups is 2. The fraction of sp³-hybridized carbons (Fsp3) is 0.440. The number of nitrogens with two attached hydrogens (primary N) is 1. The summed E-state index contributed by atoms with van der Waals surface area (Å²) in [7, 11) is 0. The van der Waals surface area contributed by atoms with Crippen molar-refractivity contribution < 1.29 is 40.2 Å². The largest absolute Gasteiger partial charge is 0.394 e. The molecule has 10 heteroatoms. The van der Waals surface area contributed by atoms with Gasteiger partial charge in [-0.1, -0.05) is 31.2 Å². The van der Waals surface area contributed by atoms with Crippen molar-refractivity contribution in [2.45, 2.75) is 54.2 Å². The summed E-state index contributed by atoms with van der Waals surface area (Å²) in [4.78, 5) is 23.6. The van der Waals surface area contributed by atoms with E-state index in [0.29, 0.717) is 17.7 Å². The van der Waals surface area contributed by atoms with Gasteiger partial charge in [-0.05, 0) is 41.8 Å². The molecule has 2 fully saturated rings. The molecule has 2 aromatic rings. The zero-order chi connectivity index (χ0) is 25.8. The smallest absolute Gasteiger partial charge is 0.251 e. The molecule has 4 rings (SSSR count). The molecule has 3 unspecified atom stereocenters. The number of aliphatic hydroxyl groups excluding tert-OH is 3. The Bertz CT molecular complexity index is 1120. The number of carbonyl (C=O) groups excluding carboxylic acids is 2. The molecule has 2 saturated carbocycles. The summed E-state index contributed by atoms with van der Waals surface area (Å²) in [5, 5.41) is 68.7. The molecule has 0 aliphatic heterocycles. The third-order valence-corrected chi connectivity index (χ3v) is 7.60. The van der Waals surface area contributed by atoms with Gasteiger partial charge in [0.25, 0.3) is 5.91 Å². The maximum absolute atomic E-state index is 12.2. The normalized spacial score (nSPS) is 34.2. The highest BCUT2D eigenvalue weighted by atomic mass is 16.5. The molecule has 10 nitrogen and oxygen atoms in total. The van der Waals surface area contributed by atoms with E-state index in [-0.39, 0.29) is 17.0 Å². The summed E-state index contributed by atoms with van der Waals surface area (Å²) in [6, 6.07) is 11.5. The predicted molar refractivity (Wildman–Crippen MR) is 123 cm³/mol. The van der Waals surface area contributed by atoms with Crippen LogP contribution >= 0.6 is 0 Å². The van der Waals surface area contributed by atoms with Gasteiger partial charge in [0.15, 0.2) is 0 Å². The van der Waals surface area contributed by atoms with E-state index in [1.54, 1.807) is 0 Å².